The molecule has 3 rings (SSSR count). The zero-order chi connectivity index (χ0) is 19.4. The van der Waals surface area contributed by atoms with Gasteiger partial charge in [0.05, 0.1) is 13.0 Å². The topological polar surface area (TPSA) is 46.6 Å². The quantitative estimate of drug-likeness (QED) is 0.723. The van der Waals surface area contributed by atoms with Gasteiger partial charge in [0.25, 0.3) is 0 Å². The Morgan fingerprint density at radius 2 is 1.70 bits per heavy atom. The first-order valence-electron chi connectivity index (χ1n) is 10.6. The molecule has 1 aliphatic carbocycles. The summed E-state index contributed by atoms with van der Waals surface area (Å²) in [6, 6.07) is 5.92. The Labute approximate surface area is 163 Å². The lowest BCUT2D eigenvalue weighted by Crippen LogP contribution is -2.49. The second-order valence-corrected chi connectivity index (χ2v) is 8.16. The van der Waals surface area contributed by atoms with Crippen LogP contribution in [-0.2, 0) is 20.7 Å². The summed E-state index contributed by atoms with van der Waals surface area (Å²) < 4.78 is 5.31. The Hall–Kier alpha value is -1.84. The van der Waals surface area contributed by atoms with E-state index in [1.807, 2.05) is 17.9 Å². The molecule has 4 heteroatoms. The highest BCUT2D eigenvalue weighted by Crippen LogP contribution is 2.37. The molecule has 1 aromatic rings. The monoisotopic (exact) mass is 371 g/mol. The van der Waals surface area contributed by atoms with Crippen molar-refractivity contribution in [3.05, 3.63) is 34.9 Å². The number of benzene rings is 1. The minimum Gasteiger partial charge on any atom is -0.464 e. The molecule has 4 nitrogen and oxygen atoms in total. The van der Waals surface area contributed by atoms with Gasteiger partial charge in [-0.15, -0.1) is 0 Å². The van der Waals surface area contributed by atoms with Gasteiger partial charge in [0, 0.05) is 6.04 Å². The second-order valence-electron chi connectivity index (χ2n) is 8.16. The maximum atomic E-state index is 13.4. The molecule has 2 unspecified atom stereocenters. The van der Waals surface area contributed by atoms with E-state index in [9.17, 15) is 9.59 Å². The average molecular weight is 372 g/mol. The smallest absolute Gasteiger partial charge is 0.328 e. The van der Waals surface area contributed by atoms with Crippen LogP contribution in [0.2, 0.25) is 0 Å². The van der Waals surface area contributed by atoms with Crippen molar-refractivity contribution in [3.63, 3.8) is 0 Å². The van der Waals surface area contributed by atoms with Gasteiger partial charge >= 0.3 is 5.97 Å². The summed E-state index contributed by atoms with van der Waals surface area (Å²) in [5.41, 5.74) is 3.38. The standard InChI is InChI=1S/C23H33NO3/c1-4-27-23(26)21-14-13-20(18-11-6-5-7-12-18)24(21)22(25)15-19-16(2)9-8-10-17(19)3/h8-10,18,20-21H,4-7,11-15H2,1-3H3. The van der Waals surface area contributed by atoms with Gasteiger partial charge in [-0.1, -0.05) is 37.5 Å². The van der Waals surface area contributed by atoms with E-state index in [0.717, 1.165) is 29.5 Å². The van der Waals surface area contributed by atoms with E-state index >= 15 is 0 Å². The Morgan fingerprint density at radius 3 is 2.33 bits per heavy atom. The molecule has 1 aromatic carbocycles. The summed E-state index contributed by atoms with van der Waals surface area (Å²) in [5.74, 6) is 0.379. The number of hydrogen-bond donors (Lipinski definition) is 0. The molecule has 1 saturated heterocycles. The average Bonchev–Trinajstić information content (AvgIpc) is 3.11. The summed E-state index contributed by atoms with van der Waals surface area (Å²) in [5, 5.41) is 0. The number of rotatable bonds is 5. The number of ether oxygens (including phenoxy) is 1. The number of carbonyl (C=O) groups is 2. The minimum absolute atomic E-state index is 0.0820. The van der Waals surface area contributed by atoms with Crippen LogP contribution in [0.1, 0.15) is 68.6 Å². The zero-order valence-corrected chi connectivity index (χ0v) is 17.0. The lowest BCUT2D eigenvalue weighted by molar-refractivity contribution is -0.154. The van der Waals surface area contributed by atoms with Gasteiger partial charge in [-0.2, -0.15) is 0 Å². The van der Waals surface area contributed by atoms with Crippen LogP contribution in [0.15, 0.2) is 18.2 Å². The van der Waals surface area contributed by atoms with E-state index in [2.05, 4.69) is 26.0 Å². The molecule has 0 N–H and O–H groups in total. The molecule has 2 aliphatic rings. The molecular weight excluding hydrogens is 338 g/mol. The molecule has 2 fully saturated rings. The molecule has 2 atom stereocenters. The number of hydrogen-bond acceptors (Lipinski definition) is 3. The molecule has 1 aliphatic heterocycles. The normalized spacial score (nSPS) is 23.4. The summed E-state index contributed by atoms with van der Waals surface area (Å²) in [6.07, 6.45) is 8.15. The lowest BCUT2D eigenvalue weighted by Gasteiger charge is -2.36. The molecule has 27 heavy (non-hydrogen) atoms. The van der Waals surface area contributed by atoms with Crippen LogP contribution >= 0.6 is 0 Å². The van der Waals surface area contributed by atoms with Crippen molar-refractivity contribution >= 4 is 11.9 Å². The third-order valence-electron chi connectivity index (χ3n) is 6.44. The molecule has 0 bridgehead atoms. The third-order valence-corrected chi connectivity index (χ3v) is 6.44. The van der Waals surface area contributed by atoms with Crippen molar-refractivity contribution in [1.29, 1.82) is 0 Å². The largest absolute Gasteiger partial charge is 0.464 e. The van der Waals surface area contributed by atoms with Gasteiger partial charge < -0.3 is 9.64 Å². The van der Waals surface area contributed by atoms with E-state index in [0.29, 0.717) is 18.9 Å². The van der Waals surface area contributed by atoms with Crippen LogP contribution in [-0.4, -0.2) is 35.5 Å². The van der Waals surface area contributed by atoms with Crippen LogP contribution in [0, 0.1) is 19.8 Å². The SMILES string of the molecule is CCOC(=O)C1CCC(C2CCCCC2)N1C(=O)Cc1c(C)cccc1C. The van der Waals surface area contributed by atoms with Crippen LogP contribution in [0.4, 0.5) is 0 Å². The molecule has 0 aromatic heterocycles. The van der Waals surface area contributed by atoms with E-state index < -0.39 is 6.04 Å². The first-order valence-corrected chi connectivity index (χ1v) is 10.6. The van der Waals surface area contributed by atoms with Crippen LogP contribution < -0.4 is 0 Å². The van der Waals surface area contributed by atoms with Crippen molar-refractivity contribution in [1.82, 2.24) is 4.90 Å². The zero-order valence-electron chi connectivity index (χ0n) is 17.0. The van der Waals surface area contributed by atoms with Gasteiger partial charge in [-0.05, 0) is 69.1 Å². The highest BCUT2D eigenvalue weighted by atomic mass is 16.5. The van der Waals surface area contributed by atoms with Crippen molar-refractivity contribution in [3.8, 4) is 0 Å². The molecule has 1 saturated carbocycles. The molecule has 1 heterocycles. The Kier molecular flexibility index (Phi) is 6.56. The Bertz CT molecular complexity index is 658. The molecule has 148 valence electrons. The molecule has 0 spiro atoms. The van der Waals surface area contributed by atoms with Crippen LogP contribution in [0.3, 0.4) is 0 Å². The van der Waals surface area contributed by atoms with Gasteiger partial charge in [0.1, 0.15) is 6.04 Å². The van der Waals surface area contributed by atoms with Crippen LogP contribution in [0.25, 0.3) is 0 Å². The molecule has 0 radical (unpaired) electrons. The Morgan fingerprint density at radius 1 is 1.04 bits per heavy atom. The summed E-state index contributed by atoms with van der Waals surface area (Å²) >= 11 is 0. The van der Waals surface area contributed by atoms with E-state index in [4.69, 9.17) is 4.74 Å². The summed E-state index contributed by atoms with van der Waals surface area (Å²) in [7, 11) is 0. The number of carbonyl (C=O) groups excluding carboxylic acids is 2. The number of nitrogens with zero attached hydrogens (tertiary/aromatic N) is 1. The summed E-state index contributed by atoms with van der Waals surface area (Å²) in [6.45, 7) is 6.30. The molecular formula is C23H33NO3. The fraction of sp³-hybridized carbons (Fsp3) is 0.652. The first-order chi connectivity index (χ1) is 13.0. The fourth-order valence-corrected chi connectivity index (χ4v) is 5.02. The van der Waals surface area contributed by atoms with E-state index in [-0.39, 0.29) is 17.9 Å². The highest BCUT2D eigenvalue weighted by molar-refractivity contribution is 5.87. The predicted molar refractivity (Wildman–Crippen MR) is 106 cm³/mol. The first kappa shape index (κ1) is 19.9. The number of esters is 1. The van der Waals surface area contributed by atoms with Crippen LogP contribution in [0.5, 0.6) is 0 Å². The van der Waals surface area contributed by atoms with Crippen molar-refractivity contribution in [2.75, 3.05) is 6.61 Å². The maximum Gasteiger partial charge on any atom is 0.328 e. The maximum absolute atomic E-state index is 13.4. The van der Waals surface area contributed by atoms with Gasteiger partial charge in [0.2, 0.25) is 5.91 Å². The van der Waals surface area contributed by atoms with Gasteiger partial charge in [-0.3, -0.25) is 4.79 Å². The van der Waals surface area contributed by atoms with E-state index in [1.165, 1.54) is 32.1 Å². The highest BCUT2D eigenvalue weighted by Gasteiger charge is 2.44. The van der Waals surface area contributed by atoms with Crippen molar-refractivity contribution in [2.24, 2.45) is 5.92 Å². The second kappa shape index (κ2) is 8.90. The number of likely N-dealkylation sites (tertiary alicyclic amines) is 1. The minimum atomic E-state index is -0.409. The fourth-order valence-electron chi connectivity index (χ4n) is 5.02. The third kappa shape index (κ3) is 4.36. The number of aryl methyl sites for hydroxylation is 2. The lowest BCUT2D eigenvalue weighted by atomic mass is 9.83. The van der Waals surface area contributed by atoms with Gasteiger partial charge in [-0.25, -0.2) is 4.79 Å². The van der Waals surface area contributed by atoms with Crippen molar-refractivity contribution < 1.29 is 14.3 Å². The van der Waals surface area contributed by atoms with Gasteiger partial charge in [0.15, 0.2) is 0 Å². The predicted octanol–water partition coefficient (Wildman–Crippen LogP) is 4.35. The van der Waals surface area contributed by atoms with Crippen molar-refractivity contribution in [2.45, 2.75) is 84.2 Å². The number of amides is 1. The Balaban J connectivity index is 1.84. The summed E-state index contributed by atoms with van der Waals surface area (Å²) in [4.78, 5) is 27.9. The molecule has 1 amide bonds. The van der Waals surface area contributed by atoms with E-state index in [1.54, 1.807) is 0 Å².